The first-order valence-electron chi connectivity index (χ1n) is 9.75. The van der Waals surface area contributed by atoms with Gasteiger partial charge in [0.1, 0.15) is 17.3 Å². The Hall–Kier alpha value is -4.23. The highest BCUT2D eigenvalue weighted by Crippen LogP contribution is 2.42. The highest BCUT2D eigenvalue weighted by atomic mass is 16.5. The van der Waals surface area contributed by atoms with Crippen LogP contribution < -0.4 is 9.47 Å². The third kappa shape index (κ3) is 4.08. The molecule has 0 amide bonds. The Labute approximate surface area is 181 Å². The summed E-state index contributed by atoms with van der Waals surface area (Å²) in [5.74, 6) is 5.18. The van der Waals surface area contributed by atoms with Gasteiger partial charge in [-0.2, -0.15) is 0 Å². The predicted molar refractivity (Wildman–Crippen MR) is 124 cm³/mol. The van der Waals surface area contributed by atoms with Gasteiger partial charge in [-0.25, -0.2) is 4.99 Å². The van der Waals surface area contributed by atoms with Crippen LogP contribution in [-0.4, -0.2) is 20.4 Å². The van der Waals surface area contributed by atoms with Gasteiger partial charge in [-0.3, -0.25) is 0 Å². The number of methoxy groups -OCH3 is 2. The van der Waals surface area contributed by atoms with Gasteiger partial charge in [0.15, 0.2) is 0 Å². The number of hydrogen-bond acceptors (Lipinski definition) is 4. The second-order valence-corrected chi connectivity index (χ2v) is 6.73. The Morgan fingerprint density at radius 2 is 1.55 bits per heavy atom. The molecule has 3 aromatic carbocycles. The Morgan fingerprint density at radius 1 is 0.871 bits per heavy atom. The van der Waals surface area contributed by atoms with Crippen LogP contribution in [0.15, 0.2) is 88.3 Å². The van der Waals surface area contributed by atoms with Crippen molar-refractivity contribution in [2.24, 2.45) is 4.99 Å². The normalized spacial score (nSPS) is 10.7. The van der Waals surface area contributed by atoms with Gasteiger partial charge in [0.2, 0.25) is 5.88 Å². The number of furan rings is 1. The molecule has 0 bridgehead atoms. The maximum Gasteiger partial charge on any atom is 0.235 e. The molecule has 0 N–H and O–H groups in total. The van der Waals surface area contributed by atoms with E-state index in [0.29, 0.717) is 28.7 Å². The van der Waals surface area contributed by atoms with Crippen molar-refractivity contribution in [1.29, 1.82) is 0 Å². The zero-order chi connectivity index (χ0) is 21.6. The molecular weight excluding hydrogens is 386 g/mol. The van der Waals surface area contributed by atoms with Crippen molar-refractivity contribution in [1.82, 2.24) is 0 Å². The quantitative estimate of drug-likeness (QED) is 0.276. The summed E-state index contributed by atoms with van der Waals surface area (Å²) in [6, 6.07) is 25.3. The fourth-order valence-corrected chi connectivity index (χ4v) is 3.37. The van der Waals surface area contributed by atoms with Crippen LogP contribution in [0.3, 0.4) is 0 Å². The van der Waals surface area contributed by atoms with Gasteiger partial charge in [-0.15, -0.1) is 6.42 Å². The zero-order valence-corrected chi connectivity index (χ0v) is 17.3. The topological polar surface area (TPSA) is 44.0 Å². The number of aliphatic imine (C=N–C) groups is 1. The van der Waals surface area contributed by atoms with Crippen LogP contribution in [0.5, 0.6) is 11.5 Å². The van der Waals surface area contributed by atoms with Crippen molar-refractivity contribution in [3.05, 3.63) is 90.0 Å². The molecule has 0 aliphatic rings. The average Bonchev–Trinajstić information content (AvgIpc) is 3.22. The number of nitrogens with zero attached hydrogens (tertiary/aromatic N) is 1. The molecule has 0 spiro atoms. The Kier molecular flexibility index (Phi) is 5.86. The number of rotatable bonds is 6. The first-order chi connectivity index (χ1) is 15.2. The molecule has 4 nitrogen and oxygen atoms in total. The van der Waals surface area contributed by atoms with E-state index in [0.717, 1.165) is 22.3 Å². The Balaban J connectivity index is 1.85. The van der Waals surface area contributed by atoms with Gasteiger partial charge >= 0.3 is 0 Å². The summed E-state index contributed by atoms with van der Waals surface area (Å²) in [7, 11) is 3.22. The molecule has 0 aliphatic heterocycles. The van der Waals surface area contributed by atoms with Gasteiger partial charge in [0.05, 0.1) is 19.8 Å². The van der Waals surface area contributed by atoms with E-state index in [9.17, 15) is 0 Å². The van der Waals surface area contributed by atoms with Crippen LogP contribution in [0.4, 0.5) is 5.88 Å². The molecule has 152 valence electrons. The lowest BCUT2D eigenvalue weighted by Crippen LogP contribution is -1.92. The fourth-order valence-electron chi connectivity index (χ4n) is 3.37. The van der Waals surface area contributed by atoms with Crippen LogP contribution in [-0.2, 0) is 0 Å². The highest BCUT2D eigenvalue weighted by Gasteiger charge is 2.21. The van der Waals surface area contributed by atoms with Crippen LogP contribution in [0.1, 0.15) is 11.1 Å². The first-order valence-corrected chi connectivity index (χ1v) is 9.75. The van der Waals surface area contributed by atoms with E-state index in [4.69, 9.17) is 20.3 Å². The smallest absolute Gasteiger partial charge is 0.235 e. The minimum Gasteiger partial charge on any atom is -0.497 e. The number of ether oxygens (including phenoxy) is 2. The molecule has 0 saturated heterocycles. The van der Waals surface area contributed by atoms with Crippen LogP contribution >= 0.6 is 0 Å². The molecule has 0 unspecified atom stereocenters. The van der Waals surface area contributed by atoms with Crippen molar-refractivity contribution >= 4 is 12.1 Å². The van der Waals surface area contributed by atoms with Crippen LogP contribution in [0.25, 0.3) is 22.5 Å². The van der Waals surface area contributed by atoms with Gasteiger partial charge in [-0.1, -0.05) is 66.6 Å². The molecule has 0 aliphatic carbocycles. The van der Waals surface area contributed by atoms with E-state index in [2.05, 4.69) is 10.9 Å². The average molecular weight is 407 g/mol. The molecule has 31 heavy (non-hydrogen) atoms. The second kappa shape index (κ2) is 9.06. The third-order valence-electron chi connectivity index (χ3n) is 4.89. The lowest BCUT2D eigenvalue weighted by molar-refractivity contribution is 0.394. The zero-order valence-electron chi connectivity index (χ0n) is 17.3. The second-order valence-electron chi connectivity index (χ2n) is 6.73. The maximum atomic E-state index is 6.21. The van der Waals surface area contributed by atoms with E-state index < -0.39 is 0 Å². The lowest BCUT2D eigenvalue weighted by Gasteiger charge is -2.06. The van der Waals surface area contributed by atoms with Gasteiger partial charge in [0.25, 0.3) is 0 Å². The number of hydrogen-bond donors (Lipinski definition) is 0. The monoisotopic (exact) mass is 407 g/mol. The Morgan fingerprint density at radius 3 is 2.16 bits per heavy atom. The molecule has 4 aromatic rings. The third-order valence-corrected chi connectivity index (χ3v) is 4.89. The lowest BCUT2D eigenvalue weighted by atomic mass is 9.98. The SMILES string of the molecule is C#Cc1c(N=Cc2ccc(OC)cc2OC)oc(-c2ccccc2)c1-c1ccccc1. The molecule has 0 atom stereocenters. The molecule has 1 aromatic heterocycles. The largest absolute Gasteiger partial charge is 0.497 e. The number of benzene rings is 3. The molecule has 0 saturated carbocycles. The minimum absolute atomic E-state index is 0.373. The summed E-state index contributed by atoms with van der Waals surface area (Å²) in [5.41, 5.74) is 4.14. The van der Waals surface area contributed by atoms with Crippen molar-refractivity contribution < 1.29 is 13.9 Å². The molecular formula is C27H21NO3. The maximum absolute atomic E-state index is 6.21. The summed E-state index contributed by atoms with van der Waals surface area (Å²) in [6.45, 7) is 0. The minimum atomic E-state index is 0.373. The summed E-state index contributed by atoms with van der Waals surface area (Å²) in [5, 5.41) is 0. The molecule has 0 radical (unpaired) electrons. The van der Waals surface area contributed by atoms with Crippen molar-refractivity contribution in [2.45, 2.75) is 0 Å². The van der Waals surface area contributed by atoms with Crippen molar-refractivity contribution in [3.8, 4) is 46.3 Å². The highest BCUT2D eigenvalue weighted by molar-refractivity contribution is 5.91. The summed E-state index contributed by atoms with van der Waals surface area (Å²) in [4.78, 5) is 4.59. The van der Waals surface area contributed by atoms with E-state index in [1.54, 1.807) is 26.5 Å². The van der Waals surface area contributed by atoms with E-state index in [1.807, 2.05) is 72.8 Å². The van der Waals surface area contributed by atoms with Crippen LogP contribution in [0, 0.1) is 12.3 Å². The molecule has 4 heteroatoms. The summed E-state index contributed by atoms with van der Waals surface area (Å²) in [6.07, 6.45) is 7.60. The standard InChI is InChI=1S/C27H21NO3/c1-4-23-25(19-11-7-5-8-12-19)26(20-13-9-6-10-14-20)31-27(23)28-18-21-15-16-22(29-2)17-24(21)30-3/h1,5-18H,2-3H3. The summed E-state index contributed by atoms with van der Waals surface area (Å²) >= 11 is 0. The molecule has 4 rings (SSSR count). The first kappa shape index (κ1) is 20.1. The van der Waals surface area contributed by atoms with E-state index in [-0.39, 0.29) is 0 Å². The van der Waals surface area contributed by atoms with Gasteiger partial charge < -0.3 is 13.9 Å². The van der Waals surface area contributed by atoms with Gasteiger partial charge in [0, 0.05) is 29.0 Å². The van der Waals surface area contributed by atoms with Crippen molar-refractivity contribution in [2.75, 3.05) is 14.2 Å². The van der Waals surface area contributed by atoms with E-state index >= 15 is 0 Å². The van der Waals surface area contributed by atoms with Crippen LogP contribution in [0.2, 0.25) is 0 Å². The molecule has 0 fully saturated rings. The fraction of sp³-hybridized carbons (Fsp3) is 0.0741. The van der Waals surface area contributed by atoms with Crippen molar-refractivity contribution in [3.63, 3.8) is 0 Å². The number of terminal acetylenes is 1. The van der Waals surface area contributed by atoms with Gasteiger partial charge in [-0.05, 0) is 17.7 Å². The van der Waals surface area contributed by atoms with E-state index in [1.165, 1.54) is 0 Å². The summed E-state index contributed by atoms with van der Waals surface area (Å²) < 4.78 is 16.9. The molecule has 1 heterocycles. The predicted octanol–water partition coefficient (Wildman–Crippen LogP) is 6.36. The Bertz CT molecular complexity index is 1250.